The van der Waals surface area contributed by atoms with E-state index in [2.05, 4.69) is 4.90 Å². The molecule has 1 aliphatic heterocycles. The number of carbonyl (C=O) groups excluding carboxylic acids is 1. The third-order valence-corrected chi connectivity index (χ3v) is 5.35. The molecule has 2 aliphatic rings. The second-order valence-corrected chi connectivity index (χ2v) is 7.70. The number of benzene rings is 1. The molecular weight excluding hydrogens is 358 g/mol. The summed E-state index contributed by atoms with van der Waals surface area (Å²) in [5, 5.41) is 11.5. The molecule has 2 fully saturated rings. The lowest BCUT2D eigenvalue weighted by Crippen LogP contribution is -2.53. The third-order valence-electron chi connectivity index (χ3n) is 5.13. The van der Waals surface area contributed by atoms with Crippen LogP contribution in [0.2, 0.25) is 5.02 Å². The van der Waals surface area contributed by atoms with Crippen molar-refractivity contribution in [2.24, 2.45) is 5.92 Å². The molecule has 1 saturated heterocycles. The Morgan fingerprint density at radius 2 is 2.12 bits per heavy atom. The summed E-state index contributed by atoms with van der Waals surface area (Å²) in [5.41, 5.74) is 1.53. The number of nitrogens with zero attached hydrogens (tertiary/aromatic N) is 3. The van der Waals surface area contributed by atoms with Crippen LogP contribution in [0.3, 0.4) is 0 Å². The van der Waals surface area contributed by atoms with Gasteiger partial charge in [0.05, 0.1) is 11.5 Å². The standard InChI is InChI=1S/C18H24ClN3O4/c1-12-9-20(5-6-21(12)18(23)26-11-14-3-4-14)10-15-7-16(19)8-17(13(15)2)22(24)25/h7-8,12,14H,3-6,9-11H2,1-2H3. The molecule has 0 bridgehead atoms. The highest BCUT2D eigenvalue weighted by Gasteiger charge is 2.31. The number of nitro benzene ring substituents is 1. The SMILES string of the molecule is Cc1c(CN2CCN(C(=O)OCC3CC3)C(C)C2)cc(Cl)cc1[N+](=O)[O-]. The third kappa shape index (κ3) is 4.45. The van der Waals surface area contributed by atoms with Gasteiger partial charge in [-0.3, -0.25) is 15.0 Å². The monoisotopic (exact) mass is 381 g/mol. The van der Waals surface area contributed by atoms with Crippen molar-refractivity contribution in [2.75, 3.05) is 26.2 Å². The van der Waals surface area contributed by atoms with E-state index in [4.69, 9.17) is 16.3 Å². The first kappa shape index (κ1) is 18.9. The molecule has 1 amide bonds. The first-order valence-corrected chi connectivity index (χ1v) is 9.32. The molecule has 142 valence electrons. The summed E-state index contributed by atoms with van der Waals surface area (Å²) >= 11 is 6.05. The van der Waals surface area contributed by atoms with Gasteiger partial charge in [-0.1, -0.05) is 11.6 Å². The van der Waals surface area contributed by atoms with E-state index in [1.807, 2.05) is 6.92 Å². The van der Waals surface area contributed by atoms with Gasteiger partial charge < -0.3 is 9.64 Å². The van der Waals surface area contributed by atoms with E-state index in [-0.39, 0.29) is 17.8 Å². The van der Waals surface area contributed by atoms with Gasteiger partial charge >= 0.3 is 6.09 Å². The van der Waals surface area contributed by atoms with Gasteiger partial charge in [0.2, 0.25) is 0 Å². The summed E-state index contributed by atoms with van der Waals surface area (Å²) in [6.45, 7) is 6.82. The van der Waals surface area contributed by atoms with Crippen molar-refractivity contribution < 1.29 is 14.5 Å². The lowest BCUT2D eigenvalue weighted by Gasteiger charge is -2.39. The minimum absolute atomic E-state index is 0.0323. The van der Waals surface area contributed by atoms with E-state index in [9.17, 15) is 14.9 Å². The molecule has 0 aromatic heterocycles. The Bertz CT molecular complexity index is 708. The molecule has 1 saturated carbocycles. The number of ether oxygens (including phenoxy) is 1. The zero-order valence-electron chi connectivity index (χ0n) is 15.1. The van der Waals surface area contributed by atoms with Crippen LogP contribution in [0.1, 0.15) is 30.9 Å². The van der Waals surface area contributed by atoms with Crippen molar-refractivity contribution in [3.05, 3.63) is 38.4 Å². The first-order valence-electron chi connectivity index (χ1n) is 8.94. The number of piperazine rings is 1. The Morgan fingerprint density at radius 3 is 2.73 bits per heavy atom. The second-order valence-electron chi connectivity index (χ2n) is 7.26. The highest BCUT2D eigenvalue weighted by Crippen LogP contribution is 2.30. The topological polar surface area (TPSA) is 75.9 Å². The molecule has 1 aromatic rings. The smallest absolute Gasteiger partial charge is 0.410 e. The Balaban J connectivity index is 1.60. The normalized spacial score (nSPS) is 20.9. The van der Waals surface area contributed by atoms with Crippen LogP contribution in [-0.2, 0) is 11.3 Å². The molecule has 1 unspecified atom stereocenters. The van der Waals surface area contributed by atoms with Crippen LogP contribution in [0.4, 0.5) is 10.5 Å². The fourth-order valence-electron chi connectivity index (χ4n) is 3.32. The average Bonchev–Trinajstić information content (AvgIpc) is 3.40. The minimum atomic E-state index is -0.402. The summed E-state index contributed by atoms with van der Waals surface area (Å²) < 4.78 is 5.38. The van der Waals surface area contributed by atoms with E-state index in [1.54, 1.807) is 17.9 Å². The van der Waals surface area contributed by atoms with Gasteiger partial charge in [0, 0.05) is 48.9 Å². The molecule has 7 nitrogen and oxygen atoms in total. The van der Waals surface area contributed by atoms with E-state index in [0.717, 1.165) is 18.4 Å². The Labute approximate surface area is 158 Å². The van der Waals surface area contributed by atoms with E-state index >= 15 is 0 Å². The van der Waals surface area contributed by atoms with Crippen molar-refractivity contribution in [2.45, 2.75) is 39.3 Å². The zero-order valence-corrected chi connectivity index (χ0v) is 15.9. The summed E-state index contributed by atoms with van der Waals surface area (Å²) in [5.74, 6) is 0.553. The van der Waals surface area contributed by atoms with Crippen LogP contribution in [0.5, 0.6) is 0 Å². The van der Waals surface area contributed by atoms with Crippen molar-refractivity contribution in [1.29, 1.82) is 0 Å². The van der Waals surface area contributed by atoms with Crippen LogP contribution in [0.15, 0.2) is 12.1 Å². The molecule has 0 N–H and O–H groups in total. The number of nitro groups is 1. The van der Waals surface area contributed by atoms with E-state index < -0.39 is 4.92 Å². The number of hydrogen-bond donors (Lipinski definition) is 0. The predicted octanol–water partition coefficient (Wildman–Crippen LogP) is 3.61. The number of carbonyl (C=O) groups is 1. The molecule has 0 radical (unpaired) electrons. The van der Waals surface area contributed by atoms with E-state index in [0.29, 0.717) is 49.3 Å². The zero-order chi connectivity index (χ0) is 18.8. The summed E-state index contributed by atoms with van der Waals surface area (Å²) in [7, 11) is 0. The highest BCUT2D eigenvalue weighted by molar-refractivity contribution is 6.30. The fourth-order valence-corrected chi connectivity index (χ4v) is 3.55. The molecule has 1 heterocycles. The van der Waals surface area contributed by atoms with Crippen LogP contribution < -0.4 is 0 Å². The quantitative estimate of drug-likeness (QED) is 0.575. The molecule has 1 atom stereocenters. The molecule has 1 aromatic carbocycles. The van der Waals surface area contributed by atoms with Gasteiger partial charge in [-0.25, -0.2) is 4.79 Å². The maximum absolute atomic E-state index is 12.2. The van der Waals surface area contributed by atoms with Crippen LogP contribution in [0.25, 0.3) is 0 Å². The van der Waals surface area contributed by atoms with Crippen molar-refractivity contribution in [3.8, 4) is 0 Å². The predicted molar refractivity (Wildman–Crippen MR) is 98.4 cm³/mol. The molecule has 26 heavy (non-hydrogen) atoms. The maximum Gasteiger partial charge on any atom is 0.410 e. The second kappa shape index (κ2) is 7.80. The van der Waals surface area contributed by atoms with Gasteiger partial charge in [-0.2, -0.15) is 0 Å². The van der Waals surface area contributed by atoms with Gasteiger partial charge in [0.1, 0.15) is 0 Å². The number of amides is 1. The Morgan fingerprint density at radius 1 is 1.38 bits per heavy atom. The minimum Gasteiger partial charge on any atom is -0.449 e. The maximum atomic E-state index is 12.2. The number of rotatable bonds is 5. The molecule has 3 rings (SSSR count). The lowest BCUT2D eigenvalue weighted by molar-refractivity contribution is -0.385. The van der Waals surface area contributed by atoms with Crippen LogP contribution in [-0.4, -0.2) is 53.1 Å². The number of hydrogen-bond acceptors (Lipinski definition) is 5. The van der Waals surface area contributed by atoms with Crippen molar-refractivity contribution in [1.82, 2.24) is 9.80 Å². The average molecular weight is 382 g/mol. The van der Waals surface area contributed by atoms with Crippen LogP contribution >= 0.6 is 11.6 Å². The number of halogens is 1. The molecule has 8 heteroatoms. The summed E-state index contributed by atoms with van der Waals surface area (Å²) in [6, 6.07) is 3.20. The van der Waals surface area contributed by atoms with E-state index in [1.165, 1.54) is 6.07 Å². The van der Waals surface area contributed by atoms with Crippen LogP contribution in [0, 0.1) is 23.0 Å². The Hall–Kier alpha value is -1.86. The highest BCUT2D eigenvalue weighted by atomic mass is 35.5. The summed E-state index contributed by atoms with van der Waals surface area (Å²) in [6.07, 6.45) is 2.07. The molecule has 1 aliphatic carbocycles. The van der Waals surface area contributed by atoms with Gasteiger partial charge in [-0.05, 0) is 44.2 Å². The molecule has 0 spiro atoms. The largest absolute Gasteiger partial charge is 0.449 e. The first-order chi connectivity index (χ1) is 12.3. The van der Waals surface area contributed by atoms with Gasteiger partial charge in [-0.15, -0.1) is 0 Å². The van der Waals surface area contributed by atoms with Crippen molar-refractivity contribution in [3.63, 3.8) is 0 Å². The Kier molecular flexibility index (Phi) is 5.67. The fraction of sp³-hybridized carbons (Fsp3) is 0.611. The molecular formula is C18H24ClN3O4. The van der Waals surface area contributed by atoms with Gasteiger partial charge in [0.25, 0.3) is 5.69 Å². The van der Waals surface area contributed by atoms with Gasteiger partial charge in [0.15, 0.2) is 0 Å². The summed E-state index contributed by atoms with van der Waals surface area (Å²) in [4.78, 5) is 27.0. The lowest BCUT2D eigenvalue weighted by atomic mass is 10.1. The van der Waals surface area contributed by atoms with Crippen molar-refractivity contribution >= 4 is 23.4 Å².